The first-order chi connectivity index (χ1) is 8.50. The van der Waals surface area contributed by atoms with Crippen LogP contribution in [0, 0.1) is 0 Å². The summed E-state index contributed by atoms with van der Waals surface area (Å²) in [5.74, 6) is 0.655. The monoisotopic (exact) mass is 309 g/mol. The van der Waals surface area contributed by atoms with E-state index >= 15 is 0 Å². The van der Waals surface area contributed by atoms with Crippen molar-refractivity contribution >= 4 is 21.9 Å². The quantitative estimate of drug-likeness (QED) is 0.932. The molecule has 0 aromatic heterocycles. The molecule has 0 amide bonds. The molecule has 2 unspecified atom stereocenters. The molecule has 0 fully saturated rings. The average Bonchev–Trinajstić information content (AvgIpc) is 2.66. The lowest BCUT2D eigenvalue weighted by Gasteiger charge is -2.41. The molecule has 4 heteroatoms. The maximum Gasteiger partial charge on any atom is 0.192 e. The van der Waals surface area contributed by atoms with Crippen molar-refractivity contribution in [2.24, 2.45) is 10.7 Å². The Morgan fingerprint density at radius 3 is 2.78 bits per heavy atom. The zero-order chi connectivity index (χ0) is 13.3. The summed E-state index contributed by atoms with van der Waals surface area (Å²) in [5.41, 5.74) is 7.17. The highest BCUT2D eigenvalue weighted by molar-refractivity contribution is 9.10. The fraction of sp³-hybridized carbons (Fsp3) is 0.500. The summed E-state index contributed by atoms with van der Waals surface area (Å²) in [7, 11) is 0. The molecule has 98 valence electrons. The van der Waals surface area contributed by atoms with Gasteiger partial charge in [-0.25, -0.2) is 0 Å². The smallest absolute Gasteiger partial charge is 0.192 e. The molecule has 1 aliphatic heterocycles. The topological polar surface area (TPSA) is 41.6 Å². The second-order valence-electron chi connectivity index (χ2n) is 5.06. The van der Waals surface area contributed by atoms with Crippen LogP contribution in [0.15, 0.2) is 33.7 Å². The highest BCUT2D eigenvalue weighted by Crippen LogP contribution is 2.38. The third-order valence-corrected chi connectivity index (χ3v) is 4.50. The first kappa shape index (κ1) is 13.4. The molecule has 1 aliphatic rings. The number of benzene rings is 1. The van der Waals surface area contributed by atoms with Gasteiger partial charge in [-0.3, -0.25) is 4.99 Å². The van der Waals surface area contributed by atoms with E-state index in [1.165, 1.54) is 5.56 Å². The Labute approximate surface area is 117 Å². The number of hydrogen-bond donors (Lipinski definition) is 1. The molecule has 2 rings (SSSR count). The van der Waals surface area contributed by atoms with Crippen LogP contribution in [0.5, 0.6) is 0 Å². The van der Waals surface area contributed by atoms with Gasteiger partial charge in [0.05, 0.1) is 12.1 Å². The van der Waals surface area contributed by atoms with Gasteiger partial charge in [-0.2, -0.15) is 0 Å². The highest BCUT2D eigenvalue weighted by atomic mass is 79.9. The van der Waals surface area contributed by atoms with E-state index in [9.17, 15) is 0 Å². The normalized spacial score (nSPS) is 25.1. The van der Waals surface area contributed by atoms with Gasteiger partial charge in [0.1, 0.15) is 0 Å². The molecular formula is C14H20BrN3. The van der Waals surface area contributed by atoms with E-state index in [0.29, 0.717) is 18.5 Å². The molecule has 18 heavy (non-hydrogen) atoms. The molecule has 3 nitrogen and oxygen atoms in total. The maximum atomic E-state index is 6.08. The minimum atomic E-state index is -0.153. The Kier molecular flexibility index (Phi) is 3.66. The number of aliphatic imine (C=N–C) groups is 1. The van der Waals surface area contributed by atoms with E-state index in [0.717, 1.165) is 10.9 Å². The van der Waals surface area contributed by atoms with Crippen molar-refractivity contribution < 1.29 is 0 Å². The average molecular weight is 310 g/mol. The standard InChI is InChI=1S/C14H20BrN3/c1-4-10(2)18-13(16)17-9-14(18,3)11-7-5-6-8-12(11)15/h5-8,10H,4,9H2,1-3H3,(H2,16,17). The lowest BCUT2D eigenvalue weighted by molar-refractivity contribution is 0.171. The SMILES string of the molecule is CCC(C)N1C(N)=NCC1(C)c1ccccc1Br. The van der Waals surface area contributed by atoms with Crippen LogP contribution in [0.4, 0.5) is 0 Å². The van der Waals surface area contributed by atoms with Crippen LogP contribution in [0.2, 0.25) is 0 Å². The lowest BCUT2D eigenvalue weighted by atomic mass is 9.89. The Morgan fingerprint density at radius 1 is 1.50 bits per heavy atom. The minimum absolute atomic E-state index is 0.153. The zero-order valence-corrected chi connectivity index (χ0v) is 12.7. The lowest BCUT2D eigenvalue weighted by Crippen LogP contribution is -2.51. The number of hydrogen-bond acceptors (Lipinski definition) is 3. The molecule has 0 spiro atoms. The van der Waals surface area contributed by atoms with Gasteiger partial charge in [0.15, 0.2) is 5.96 Å². The van der Waals surface area contributed by atoms with Crippen molar-refractivity contribution in [3.05, 3.63) is 34.3 Å². The minimum Gasteiger partial charge on any atom is -0.370 e. The van der Waals surface area contributed by atoms with Gasteiger partial charge < -0.3 is 10.6 Å². The Hall–Kier alpha value is -1.03. The fourth-order valence-corrected chi connectivity index (χ4v) is 3.36. The maximum absolute atomic E-state index is 6.08. The molecule has 1 heterocycles. The Morgan fingerprint density at radius 2 is 2.17 bits per heavy atom. The van der Waals surface area contributed by atoms with Gasteiger partial charge in [-0.05, 0) is 31.9 Å². The van der Waals surface area contributed by atoms with Crippen LogP contribution in [0.25, 0.3) is 0 Å². The van der Waals surface area contributed by atoms with Gasteiger partial charge in [0, 0.05) is 10.5 Å². The Bertz CT molecular complexity index is 472. The van der Waals surface area contributed by atoms with Crippen LogP contribution < -0.4 is 5.73 Å². The molecule has 0 saturated carbocycles. The van der Waals surface area contributed by atoms with E-state index in [1.54, 1.807) is 0 Å². The largest absolute Gasteiger partial charge is 0.370 e. The first-order valence-corrected chi connectivity index (χ1v) is 7.14. The van der Waals surface area contributed by atoms with E-state index in [-0.39, 0.29) is 5.54 Å². The zero-order valence-electron chi connectivity index (χ0n) is 11.2. The molecule has 1 aromatic carbocycles. The molecule has 2 N–H and O–H groups in total. The number of guanidine groups is 1. The van der Waals surface area contributed by atoms with Crippen LogP contribution >= 0.6 is 15.9 Å². The third-order valence-electron chi connectivity index (χ3n) is 3.81. The van der Waals surface area contributed by atoms with E-state index in [1.807, 2.05) is 6.07 Å². The van der Waals surface area contributed by atoms with Gasteiger partial charge in [0.2, 0.25) is 0 Å². The summed E-state index contributed by atoms with van der Waals surface area (Å²) in [6, 6.07) is 8.70. The van der Waals surface area contributed by atoms with Crippen molar-refractivity contribution in [1.29, 1.82) is 0 Å². The summed E-state index contributed by atoms with van der Waals surface area (Å²) in [4.78, 5) is 6.70. The van der Waals surface area contributed by atoms with Crippen LogP contribution in [-0.4, -0.2) is 23.4 Å². The summed E-state index contributed by atoms with van der Waals surface area (Å²) in [6.45, 7) is 7.30. The van der Waals surface area contributed by atoms with Crippen LogP contribution in [-0.2, 0) is 5.54 Å². The van der Waals surface area contributed by atoms with Crippen LogP contribution in [0.1, 0.15) is 32.8 Å². The predicted molar refractivity (Wildman–Crippen MR) is 79.6 cm³/mol. The summed E-state index contributed by atoms with van der Waals surface area (Å²) in [5, 5.41) is 0. The molecule has 0 aliphatic carbocycles. The second-order valence-corrected chi connectivity index (χ2v) is 5.91. The van der Waals surface area contributed by atoms with E-state index in [2.05, 4.69) is 64.8 Å². The molecule has 0 bridgehead atoms. The predicted octanol–water partition coefficient (Wildman–Crippen LogP) is 3.09. The summed E-state index contributed by atoms with van der Waals surface area (Å²) < 4.78 is 1.12. The van der Waals surface area contributed by atoms with Crippen molar-refractivity contribution in [3.8, 4) is 0 Å². The number of nitrogens with two attached hydrogens (primary N) is 1. The molecular weight excluding hydrogens is 290 g/mol. The molecule has 1 aromatic rings. The van der Waals surface area contributed by atoms with Crippen molar-refractivity contribution in [2.75, 3.05) is 6.54 Å². The van der Waals surface area contributed by atoms with E-state index in [4.69, 9.17) is 5.73 Å². The number of halogens is 1. The fourth-order valence-electron chi connectivity index (χ4n) is 2.65. The molecule has 2 atom stereocenters. The summed E-state index contributed by atoms with van der Waals surface area (Å²) >= 11 is 3.64. The first-order valence-electron chi connectivity index (χ1n) is 6.35. The number of nitrogens with zero attached hydrogens (tertiary/aromatic N) is 2. The van der Waals surface area contributed by atoms with Crippen LogP contribution in [0.3, 0.4) is 0 Å². The highest BCUT2D eigenvalue weighted by Gasteiger charge is 2.42. The van der Waals surface area contributed by atoms with Gasteiger partial charge in [-0.15, -0.1) is 0 Å². The van der Waals surface area contributed by atoms with Gasteiger partial charge in [-0.1, -0.05) is 41.1 Å². The van der Waals surface area contributed by atoms with E-state index < -0.39 is 0 Å². The molecule has 0 radical (unpaired) electrons. The summed E-state index contributed by atoms with van der Waals surface area (Å²) in [6.07, 6.45) is 1.05. The Balaban J connectivity index is 2.45. The third kappa shape index (κ3) is 2.03. The van der Waals surface area contributed by atoms with Crippen molar-refractivity contribution in [3.63, 3.8) is 0 Å². The van der Waals surface area contributed by atoms with Gasteiger partial charge in [0.25, 0.3) is 0 Å². The second kappa shape index (κ2) is 4.92. The van der Waals surface area contributed by atoms with Crippen molar-refractivity contribution in [2.45, 2.75) is 38.8 Å². The van der Waals surface area contributed by atoms with Crippen molar-refractivity contribution in [1.82, 2.24) is 4.90 Å². The van der Waals surface area contributed by atoms with Gasteiger partial charge >= 0.3 is 0 Å². The number of rotatable bonds is 3. The molecule has 0 saturated heterocycles.